The standard InChI is InChI=1S/C12H14F3N3O/c1-6-4-7(2)16-11(19)10(6)8-5-9(12(13,14)15)18(3)17-8/h4,9H,5H2,1-3H3,(H,16,19)/t9-/m1/s1. The molecule has 0 saturated carbocycles. The van der Waals surface area contributed by atoms with Crippen LogP contribution in [0, 0.1) is 13.8 Å². The van der Waals surface area contributed by atoms with E-state index >= 15 is 0 Å². The van der Waals surface area contributed by atoms with Gasteiger partial charge in [0.2, 0.25) is 0 Å². The highest BCUT2D eigenvalue weighted by molar-refractivity contribution is 6.02. The highest BCUT2D eigenvalue weighted by Crippen LogP contribution is 2.31. The van der Waals surface area contributed by atoms with Crippen molar-refractivity contribution in [1.82, 2.24) is 9.99 Å². The van der Waals surface area contributed by atoms with Gasteiger partial charge in [0.05, 0.1) is 11.3 Å². The fourth-order valence-corrected chi connectivity index (χ4v) is 2.31. The predicted octanol–water partition coefficient (Wildman–Crippen LogP) is 1.96. The van der Waals surface area contributed by atoms with Crippen LogP contribution in [0.1, 0.15) is 23.2 Å². The van der Waals surface area contributed by atoms with Crippen molar-refractivity contribution in [3.63, 3.8) is 0 Å². The molecule has 7 heteroatoms. The summed E-state index contributed by atoms with van der Waals surface area (Å²) in [7, 11) is 1.27. The van der Waals surface area contributed by atoms with E-state index in [0.29, 0.717) is 11.3 Å². The molecule has 0 bridgehead atoms. The van der Waals surface area contributed by atoms with Crippen LogP contribution in [0.4, 0.5) is 13.2 Å². The third-order valence-corrected chi connectivity index (χ3v) is 3.15. The number of aryl methyl sites for hydroxylation is 2. The molecule has 0 amide bonds. The highest BCUT2D eigenvalue weighted by Gasteiger charge is 2.46. The summed E-state index contributed by atoms with van der Waals surface area (Å²) in [5.41, 5.74) is 1.34. The van der Waals surface area contributed by atoms with Crippen LogP contribution < -0.4 is 5.56 Å². The molecule has 1 aromatic heterocycles. The first-order chi connectivity index (χ1) is 8.70. The predicted molar refractivity (Wildman–Crippen MR) is 65.3 cm³/mol. The second-order valence-electron chi connectivity index (χ2n) is 4.72. The van der Waals surface area contributed by atoms with Crippen molar-refractivity contribution in [2.75, 3.05) is 7.05 Å². The van der Waals surface area contributed by atoms with Crippen molar-refractivity contribution in [2.45, 2.75) is 32.5 Å². The molecule has 1 N–H and O–H groups in total. The van der Waals surface area contributed by atoms with E-state index in [1.54, 1.807) is 19.9 Å². The minimum Gasteiger partial charge on any atom is -0.326 e. The van der Waals surface area contributed by atoms with Gasteiger partial charge in [-0.3, -0.25) is 9.80 Å². The van der Waals surface area contributed by atoms with Crippen LogP contribution in [0.5, 0.6) is 0 Å². The molecule has 1 aliphatic heterocycles. The van der Waals surface area contributed by atoms with Crippen LogP contribution in [0.2, 0.25) is 0 Å². The van der Waals surface area contributed by atoms with Crippen molar-refractivity contribution in [3.05, 3.63) is 33.2 Å². The number of hydrogen-bond acceptors (Lipinski definition) is 3. The Morgan fingerprint density at radius 1 is 1.42 bits per heavy atom. The maximum atomic E-state index is 12.8. The van der Waals surface area contributed by atoms with Gasteiger partial charge in [-0.15, -0.1) is 0 Å². The lowest BCUT2D eigenvalue weighted by molar-refractivity contribution is -0.174. The molecule has 19 heavy (non-hydrogen) atoms. The van der Waals surface area contributed by atoms with Crippen LogP contribution in [-0.4, -0.2) is 35.0 Å². The highest BCUT2D eigenvalue weighted by atomic mass is 19.4. The molecule has 0 saturated heterocycles. The van der Waals surface area contributed by atoms with E-state index in [4.69, 9.17) is 0 Å². The first kappa shape index (κ1) is 13.6. The van der Waals surface area contributed by atoms with Crippen LogP contribution in [0.3, 0.4) is 0 Å². The van der Waals surface area contributed by atoms with Gasteiger partial charge in [-0.1, -0.05) is 0 Å². The monoisotopic (exact) mass is 273 g/mol. The Labute approximate surface area is 107 Å². The average molecular weight is 273 g/mol. The van der Waals surface area contributed by atoms with Crippen molar-refractivity contribution in [2.24, 2.45) is 5.10 Å². The van der Waals surface area contributed by atoms with Crippen molar-refractivity contribution < 1.29 is 13.2 Å². The van der Waals surface area contributed by atoms with Gasteiger partial charge in [-0.25, -0.2) is 0 Å². The minimum atomic E-state index is -4.36. The Balaban J connectivity index is 2.41. The van der Waals surface area contributed by atoms with E-state index < -0.39 is 17.8 Å². The third-order valence-electron chi connectivity index (χ3n) is 3.15. The summed E-state index contributed by atoms with van der Waals surface area (Å²) < 4.78 is 38.3. The Hall–Kier alpha value is -1.79. The molecular formula is C12H14F3N3O. The fraction of sp³-hybridized carbons (Fsp3) is 0.500. The summed E-state index contributed by atoms with van der Waals surface area (Å²) in [6.45, 7) is 3.42. The second-order valence-corrected chi connectivity index (χ2v) is 4.72. The number of alkyl halides is 3. The summed E-state index contributed by atoms with van der Waals surface area (Å²) in [6.07, 6.45) is -4.65. The summed E-state index contributed by atoms with van der Waals surface area (Å²) in [5.74, 6) is 0. The molecule has 0 radical (unpaired) electrons. The molecular weight excluding hydrogens is 259 g/mol. The van der Waals surface area contributed by atoms with Gasteiger partial charge >= 0.3 is 6.18 Å². The number of nitrogens with one attached hydrogen (secondary N) is 1. The van der Waals surface area contributed by atoms with E-state index in [2.05, 4.69) is 10.1 Å². The zero-order valence-corrected chi connectivity index (χ0v) is 10.8. The summed E-state index contributed by atoms with van der Waals surface area (Å²) in [6, 6.07) is 0.0581. The Kier molecular flexibility index (Phi) is 3.15. The number of aromatic nitrogens is 1. The normalized spacial score (nSPS) is 19.8. The van der Waals surface area contributed by atoms with Gasteiger partial charge in [0.15, 0.2) is 0 Å². The number of halogens is 3. The maximum absolute atomic E-state index is 12.8. The third kappa shape index (κ3) is 2.50. The molecule has 1 aromatic rings. The minimum absolute atomic E-state index is 0.184. The SMILES string of the molecule is Cc1cc(C)c(C2=NN(C)[C@@H](C(F)(F)F)C2)c(=O)[nH]1. The molecule has 2 rings (SSSR count). The van der Waals surface area contributed by atoms with Gasteiger partial charge in [0.25, 0.3) is 5.56 Å². The average Bonchev–Trinajstić information content (AvgIpc) is 2.57. The molecule has 1 aliphatic rings. The lowest BCUT2D eigenvalue weighted by Gasteiger charge is -2.21. The zero-order chi connectivity index (χ0) is 14.4. The molecule has 0 aliphatic carbocycles. The smallest absolute Gasteiger partial charge is 0.326 e. The fourth-order valence-electron chi connectivity index (χ4n) is 2.31. The zero-order valence-electron chi connectivity index (χ0n) is 10.8. The van der Waals surface area contributed by atoms with Crippen molar-refractivity contribution in [1.29, 1.82) is 0 Å². The molecule has 0 spiro atoms. The molecule has 104 valence electrons. The van der Waals surface area contributed by atoms with Crippen LogP contribution in [0.15, 0.2) is 16.0 Å². The Bertz CT molecular complexity index is 589. The molecule has 4 nitrogen and oxygen atoms in total. The lowest BCUT2D eigenvalue weighted by Crippen LogP contribution is -2.38. The number of aromatic amines is 1. The maximum Gasteiger partial charge on any atom is 0.410 e. The number of hydrazone groups is 1. The Morgan fingerprint density at radius 2 is 2.05 bits per heavy atom. The molecule has 0 fully saturated rings. The summed E-state index contributed by atoms with van der Waals surface area (Å²) in [4.78, 5) is 14.5. The van der Waals surface area contributed by atoms with Gasteiger partial charge in [-0.05, 0) is 25.5 Å². The number of pyridine rings is 1. The van der Waals surface area contributed by atoms with E-state index in [-0.39, 0.29) is 17.7 Å². The van der Waals surface area contributed by atoms with Crippen LogP contribution in [0.25, 0.3) is 0 Å². The quantitative estimate of drug-likeness (QED) is 0.850. The van der Waals surface area contributed by atoms with Crippen LogP contribution in [-0.2, 0) is 0 Å². The first-order valence-electron chi connectivity index (χ1n) is 5.78. The number of nitrogens with zero attached hydrogens (tertiary/aromatic N) is 2. The Morgan fingerprint density at radius 3 is 2.53 bits per heavy atom. The van der Waals surface area contributed by atoms with Crippen molar-refractivity contribution in [3.8, 4) is 0 Å². The topological polar surface area (TPSA) is 48.5 Å². The summed E-state index contributed by atoms with van der Waals surface area (Å²) in [5, 5.41) is 4.74. The first-order valence-corrected chi connectivity index (χ1v) is 5.78. The lowest BCUT2D eigenvalue weighted by atomic mass is 10.0. The number of H-pyrrole nitrogens is 1. The van der Waals surface area contributed by atoms with E-state index in [0.717, 1.165) is 5.01 Å². The van der Waals surface area contributed by atoms with E-state index in [9.17, 15) is 18.0 Å². The van der Waals surface area contributed by atoms with E-state index in [1.165, 1.54) is 7.05 Å². The second kappa shape index (κ2) is 4.40. The van der Waals surface area contributed by atoms with Gasteiger partial charge < -0.3 is 4.98 Å². The molecule has 1 atom stereocenters. The van der Waals surface area contributed by atoms with Crippen LogP contribution >= 0.6 is 0 Å². The molecule has 0 unspecified atom stereocenters. The van der Waals surface area contributed by atoms with E-state index in [1.807, 2.05) is 0 Å². The van der Waals surface area contributed by atoms with Gasteiger partial charge in [0, 0.05) is 19.2 Å². The summed E-state index contributed by atoms with van der Waals surface area (Å²) >= 11 is 0. The van der Waals surface area contributed by atoms with Crippen molar-refractivity contribution >= 4 is 5.71 Å². The van der Waals surface area contributed by atoms with Gasteiger partial charge in [0.1, 0.15) is 6.04 Å². The molecule has 0 aromatic carbocycles. The molecule has 2 heterocycles. The number of rotatable bonds is 1. The number of hydrogen-bond donors (Lipinski definition) is 1. The van der Waals surface area contributed by atoms with Gasteiger partial charge in [-0.2, -0.15) is 18.3 Å². The largest absolute Gasteiger partial charge is 0.410 e.